The van der Waals surface area contributed by atoms with Crippen LogP contribution in [0.2, 0.25) is 0 Å². The lowest BCUT2D eigenvalue weighted by Crippen LogP contribution is -2.36. The molecular formula is C10H16N2O. The van der Waals surface area contributed by atoms with Gasteiger partial charge in [-0.25, -0.2) is 0 Å². The number of carbonyl (C=O) groups is 1. The van der Waals surface area contributed by atoms with Gasteiger partial charge in [0, 0.05) is 24.5 Å². The lowest BCUT2D eigenvalue weighted by molar-refractivity contribution is -0.126. The maximum atomic E-state index is 11.7. The van der Waals surface area contributed by atoms with E-state index in [4.69, 9.17) is 0 Å². The fourth-order valence-corrected chi connectivity index (χ4v) is 2.37. The predicted molar refractivity (Wildman–Crippen MR) is 49.1 cm³/mol. The number of carbonyl (C=O) groups excluding carboxylic acids is 1. The monoisotopic (exact) mass is 180 g/mol. The molecule has 3 fully saturated rings. The highest BCUT2D eigenvalue weighted by molar-refractivity contribution is 5.85. The Hall–Kier alpha value is -0.570. The Morgan fingerprint density at radius 1 is 1.38 bits per heavy atom. The topological polar surface area (TPSA) is 41.1 Å². The number of nitrogens with one attached hydrogen (secondary N) is 2. The molecule has 3 atom stereocenters. The van der Waals surface area contributed by atoms with E-state index in [0.717, 1.165) is 37.8 Å². The highest BCUT2D eigenvalue weighted by atomic mass is 16.2. The summed E-state index contributed by atoms with van der Waals surface area (Å²) in [5, 5.41) is 6.51. The van der Waals surface area contributed by atoms with Crippen molar-refractivity contribution in [3.8, 4) is 0 Å². The van der Waals surface area contributed by atoms with Crippen LogP contribution in [0.4, 0.5) is 0 Å². The van der Waals surface area contributed by atoms with Gasteiger partial charge in [-0.3, -0.25) is 4.79 Å². The SMILES string of the molecule is CC1(C(=O)NC2[C@H]3CNC[C@@H]23)CC1. The molecule has 0 aromatic heterocycles. The highest BCUT2D eigenvalue weighted by Crippen LogP contribution is 2.47. The third-order valence-electron chi connectivity index (χ3n) is 3.94. The number of hydrogen-bond donors (Lipinski definition) is 2. The number of piperidine rings is 1. The Morgan fingerprint density at radius 2 is 2.00 bits per heavy atom. The van der Waals surface area contributed by atoms with Crippen LogP contribution in [-0.2, 0) is 4.79 Å². The van der Waals surface area contributed by atoms with Crippen molar-refractivity contribution in [1.29, 1.82) is 0 Å². The zero-order valence-corrected chi connectivity index (χ0v) is 7.97. The van der Waals surface area contributed by atoms with Crippen LogP contribution >= 0.6 is 0 Å². The molecule has 1 heterocycles. The summed E-state index contributed by atoms with van der Waals surface area (Å²) in [6.07, 6.45) is 2.16. The van der Waals surface area contributed by atoms with Gasteiger partial charge in [0.15, 0.2) is 0 Å². The first-order valence-electron chi connectivity index (χ1n) is 5.22. The summed E-state index contributed by atoms with van der Waals surface area (Å²) in [5.74, 6) is 1.78. The molecule has 0 aromatic carbocycles. The van der Waals surface area contributed by atoms with Gasteiger partial charge in [-0.1, -0.05) is 6.92 Å². The molecule has 0 bridgehead atoms. The molecule has 1 amide bonds. The van der Waals surface area contributed by atoms with Gasteiger partial charge in [-0.15, -0.1) is 0 Å². The summed E-state index contributed by atoms with van der Waals surface area (Å²) >= 11 is 0. The summed E-state index contributed by atoms with van der Waals surface area (Å²) in [5.41, 5.74) is 0.00428. The standard InChI is InChI=1S/C10H16N2O/c1-10(2-3-10)9(13)12-8-6-4-11-5-7(6)8/h6-8,11H,2-5H2,1H3,(H,12,13)/t6-,7+,8?. The molecule has 0 radical (unpaired) electrons. The lowest BCUT2D eigenvalue weighted by Gasteiger charge is -2.11. The van der Waals surface area contributed by atoms with Crippen LogP contribution in [0, 0.1) is 17.3 Å². The van der Waals surface area contributed by atoms with E-state index in [1.165, 1.54) is 0 Å². The molecule has 0 spiro atoms. The Kier molecular flexibility index (Phi) is 1.36. The van der Waals surface area contributed by atoms with Gasteiger partial charge in [-0.2, -0.15) is 0 Å². The quantitative estimate of drug-likeness (QED) is 0.634. The van der Waals surface area contributed by atoms with Crippen LogP contribution in [0.1, 0.15) is 19.8 Å². The van der Waals surface area contributed by atoms with Crippen LogP contribution in [0.5, 0.6) is 0 Å². The number of rotatable bonds is 2. The van der Waals surface area contributed by atoms with Crippen molar-refractivity contribution >= 4 is 5.91 Å². The highest BCUT2D eigenvalue weighted by Gasteiger charge is 2.56. The van der Waals surface area contributed by atoms with Gasteiger partial charge in [0.2, 0.25) is 5.91 Å². The summed E-state index contributed by atoms with van der Waals surface area (Å²) in [6, 6.07) is 0.506. The third-order valence-corrected chi connectivity index (χ3v) is 3.94. The number of hydrogen-bond acceptors (Lipinski definition) is 2. The van der Waals surface area contributed by atoms with E-state index in [9.17, 15) is 4.79 Å². The number of amides is 1. The van der Waals surface area contributed by atoms with Crippen molar-refractivity contribution in [3.05, 3.63) is 0 Å². The van der Waals surface area contributed by atoms with E-state index >= 15 is 0 Å². The predicted octanol–water partition coefficient (Wildman–Crippen LogP) is 0.120. The van der Waals surface area contributed by atoms with Crippen LogP contribution in [-0.4, -0.2) is 25.0 Å². The van der Waals surface area contributed by atoms with Gasteiger partial charge in [0.05, 0.1) is 0 Å². The van der Waals surface area contributed by atoms with Crippen molar-refractivity contribution in [3.63, 3.8) is 0 Å². The van der Waals surface area contributed by atoms with Crippen molar-refractivity contribution in [2.45, 2.75) is 25.8 Å². The number of fused-ring (bicyclic) bond motifs is 1. The van der Waals surface area contributed by atoms with Gasteiger partial charge in [-0.05, 0) is 24.7 Å². The first-order valence-corrected chi connectivity index (χ1v) is 5.22. The Balaban J connectivity index is 1.56. The second-order valence-electron chi connectivity index (χ2n) is 5.05. The molecule has 1 saturated heterocycles. The molecule has 3 nitrogen and oxygen atoms in total. The zero-order chi connectivity index (χ0) is 9.05. The van der Waals surface area contributed by atoms with E-state index in [0.29, 0.717) is 11.9 Å². The Bertz CT molecular complexity index is 250. The smallest absolute Gasteiger partial charge is 0.226 e. The van der Waals surface area contributed by atoms with Crippen LogP contribution in [0.25, 0.3) is 0 Å². The lowest BCUT2D eigenvalue weighted by atomic mass is 10.1. The average Bonchev–Trinajstić information content (AvgIpc) is 2.95. The Labute approximate surface area is 78.3 Å². The summed E-state index contributed by atoms with van der Waals surface area (Å²) in [6.45, 7) is 4.28. The fraction of sp³-hybridized carbons (Fsp3) is 0.900. The van der Waals surface area contributed by atoms with Crippen LogP contribution in [0.3, 0.4) is 0 Å². The fourth-order valence-electron chi connectivity index (χ4n) is 2.37. The Morgan fingerprint density at radius 3 is 2.54 bits per heavy atom. The summed E-state index contributed by atoms with van der Waals surface area (Å²) in [7, 11) is 0. The minimum atomic E-state index is 0.00428. The summed E-state index contributed by atoms with van der Waals surface area (Å²) < 4.78 is 0. The summed E-state index contributed by atoms with van der Waals surface area (Å²) in [4.78, 5) is 11.7. The van der Waals surface area contributed by atoms with Gasteiger partial charge in [0.1, 0.15) is 0 Å². The van der Waals surface area contributed by atoms with E-state index in [1.807, 2.05) is 0 Å². The molecule has 2 saturated carbocycles. The first kappa shape index (κ1) is 7.80. The van der Waals surface area contributed by atoms with Crippen molar-refractivity contribution in [1.82, 2.24) is 10.6 Å². The van der Waals surface area contributed by atoms with Crippen LogP contribution < -0.4 is 10.6 Å². The largest absolute Gasteiger partial charge is 0.352 e. The second-order valence-corrected chi connectivity index (χ2v) is 5.05. The molecule has 3 rings (SSSR count). The molecule has 1 aliphatic heterocycles. The van der Waals surface area contributed by atoms with Crippen molar-refractivity contribution in [2.75, 3.05) is 13.1 Å². The molecule has 3 aliphatic rings. The molecule has 2 aliphatic carbocycles. The molecule has 13 heavy (non-hydrogen) atoms. The van der Waals surface area contributed by atoms with Crippen molar-refractivity contribution < 1.29 is 4.79 Å². The minimum Gasteiger partial charge on any atom is -0.352 e. The van der Waals surface area contributed by atoms with E-state index in [2.05, 4.69) is 17.6 Å². The van der Waals surface area contributed by atoms with Crippen molar-refractivity contribution in [2.24, 2.45) is 17.3 Å². The molecular weight excluding hydrogens is 164 g/mol. The van der Waals surface area contributed by atoms with E-state index in [1.54, 1.807) is 0 Å². The molecule has 72 valence electrons. The van der Waals surface area contributed by atoms with Gasteiger partial charge < -0.3 is 10.6 Å². The normalized spacial score (nSPS) is 43.9. The third kappa shape index (κ3) is 1.10. The molecule has 0 aromatic rings. The van der Waals surface area contributed by atoms with Gasteiger partial charge in [0.25, 0.3) is 0 Å². The molecule has 3 heteroatoms. The second kappa shape index (κ2) is 2.27. The maximum absolute atomic E-state index is 11.7. The molecule has 2 N–H and O–H groups in total. The zero-order valence-electron chi connectivity index (χ0n) is 7.97. The van der Waals surface area contributed by atoms with E-state index in [-0.39, 0.29) is 5.41 Å². The molecule has 1 unspecified atom stereocenters. The maximum Gasteiger partial charge on any atom is 0.226 e. The van der Waals surface area contributed by atoms with Crippen LogP contribution in [0.15, 0.2) is 0 Å². The van der Waals surface area contributed by atoms with E-state index < -0.39 is 0 Å². The van der Waals surface area contributed by atoms with Gasteiger partial charge >= 0.3 is 0 Å². The minimum absolute atomic E-state index is 0.00428. The first-order chi connectivity index (χ1) is 6.21. The average molecular weight is 180 g/mol.